The van der Waals surface area contributed by atoms with Gasteiger partial charge in [-0.1, -0.05) is 13.8 Å². The minimum atomic E-state index is -4.66. The van der Waals surface area contributed by atoms with Gasteiger partial charge in [-0.05, 0) is 19.8 Å². The molecule has 1 saturated heterocycles. The molecule has 1 fully saturated rings. The number of piperazine rings is 1. The predicted molar refractivity (Wildman–Crippen MR) is 88.7 cm³/mol. The standard InChI is InChI=1S/C16H21F3N6O/c1-9(2)8-23-5-6-24(11(4)13(23)26)12-7-10(3)20-15-21-14(16(17,18)19)22-25(12)15/h7,9,11H,5-6,8H2,1-4H3/t11-/m0/s1. The highest BCUT2D eigenvalue weighted by molar-refractivity contribution is 5.86. The Bertz CT molecular complexity index is 831. The molecule has 1 aliphatic heterocycles. The summed E-state index contributed by atoms with van der Waals surface area (Å²) in [5.74, 6) is -0.688. The Hall–Kier alpha value is -2.39. The largest absolute Gasteiger partial charge is 0.453 e. The van der Waals surface area contributed by atoms with Crippen molar-refractivity contribution in [2.75, 3.05) is 24.5 Å². The molecule has 3 rings (SSSR count). The summed E-state index contributed by atoms with van der Waals surface area (Å²) in [5, 5.41) is 3.58. The number of fused-ring (bicyclic) bond motifs is 1. The Kier molecular flexibility index (Phi) is 4.53. The molecule has 1 atom stereocenters. The summed E-state index contributed by atoms with van der Waals surface area (Å²) >= 11 is 0. The number of nitrogens with zero attached hydrogens (tertiary/aromatic N) is 6. The maximum Gasteiger partial charge on any atom is 0.453 e. The second-order valence-corrected chi connectivity index (χ2v) is 6.95. The highest BCUT2D eigenvalue weighted by Crippen LogP contribution is 2.29. The van der Waals surface area contributed by atoms with Gasteiger partial charge in [-0.2, -0.15) is 22.7 Å². The number of aryl methyl sites for hydroxylation is 1. The fraction of sp³-hybridized carbons (Fsp3) is 0.625. The van der Waals surface area contributed by atoms with Gasteiger partial charge in [-0.25, -0.2) is 4.98 Å². The molecule has 0 spiro atoms. The molecule has 1 amide bonds. The monoisotopic (exact) mass is 370 g/mol. The topological polar surface area (TPSA) is 66.6 Å². The average molecular weight is 370 g/mol. The van der Waals surface area contributed by atoms with Crippen molar-refractivity contribution in [3.05, 3.63) is 17.6 Å². The second kappa shape index (κ2) is 6.40. The van der Waals surface area contributed by atoms with E-state index in [1.54, 1.807) is 29.7 Å². The maximum atomic E-state index is 13.0. The predicted octanol–water partition coefficient (Wildman–Crippen LogP) is 2.14. The van der Waals surface area contributed by atoms with E-state index in [1.165, 1.54) is 0 Å². The van der Waals surface area contributed by atoms with Gasteiger partial charge in [0.15, 0.2) is 0 Å². The summed E-state index contributed by atoms with van der Waals surface area (Å²) in [6.45, 7) is 9.15. The first-order chi connectivity index (χ1) is 12.1. The van der Waals surface area contributed by atoms with Gasteiger partial charge in [0.2, 0.25) is 5.91 Å². The smallest absolute Gasteiger partial charge is 0.343 e. The molecule has 0 aliphatic carbocycles. The minimum Gasteiger partial charge on any atom is -0.343 e. The number of amides is 1. The number of anilines is 1. The van der Waals surface area contributed by atoms with Gasteiger partial charge < -0.3 is 9.80 Å². The van der Waals surface area contributed by atoms with E-state index in [0.717, 1.165) is 4.52 Å². The highest BCUT2D eigenvalue weighted by Gasteiger charge is 2.38. The van der Waals surface area contributed by atoms with Crippen molar-refractivity contribution < 1.29 is 18.0 Å². The zero-order valence-electron chi connectivity index (χ0n) is 15.1. The lowest BCUT2D eigenvalue weighted by atomic mass is 10.1. The minimum absolute atomic E-state index is 0.0521. The van der Waals surface area contributed by atoms with Gasteiger partial charge in [-0.3, -0.25) is 4.79 Å². The third-order valence-corrected chi connectivity index (χ3v) is 4.30. The number of alkyl halides is 3. The molecule has 0 unspecified atom stereocenters. The van der Waals surface area contributed by atoms with Crippen molar-refractivity contribution >= 4 is 17.5 Å². The maximum absolute atomic E-state index is 13.0. The molecule has 0 N–H and O–H groups in total. The first-order valence-electron chi connectivity index (χ1n) is 8.45. The molecule has 0 aromatic carbocycles. The molecular weight excluding hydrogens is 349 g/mol. The lowest BCUT2D eigenvalue weighted by Crippen LogP contribution is -2.57. The lowest BCUT2D eigenvalue weighted by molar-refractivity contribution is -0.144. The van der Waals surface area contributed by atoms with Crippen molar-refractivity contribution in [2.45, 2.75) is 39.9 Å². The van der Waals surface area contributed by atoms with Crippen molar-refractivity contribution in [2.24, 2.45) is 5.92 Å². The summed E-state index contributed by atoms with van der Waals surface area (Å²) in [5.41, 5.74) is 0.512. The number of hydrogen-bond acceptors (Lipinski definition) is 5. The van der Waals surface area contributed by atoms with E-state index in [0.29, 0.717) is 37.1 Å². The van der Waals surface area contributed by atoms with Crippen molar-refractivity contribution in [1.29, 1.82) is 0 Å². The third kappa shape index (κ3) is 3.32. The second-order valence-electron chi connectivity index (χ2n) is 6.95. The van der Waals surface area contributed by atoms with Gasteiger partial charge >= 0.3 is 6.18 Å². The van der Waals surface area contributed by atoms with Crippen molar-refractivity contribution in [3.8, 4) is 0 Å². The van der Waals surface area contributed by atoms with E-state index < -0.39 is 18.0 Å². The molecule has 3 heterocycles. The fourth-order valence-corrected chi connectivity index (χ4v) is 3.16. The molecule has 142 valence electrons. The van der Waals surface area contributed by atoms with Crippen LogP contribution >= 0.6 is 0 Å². The Morgan fingerprint density at radius 3 is 2.58 bits per heavy atom. The SMILES string of the molecule is Cc1cc(N2CCN(CC(C)C)C(=O)[C@@H]2C)n2nc(C(F)(F)F)nc2n1. The molecule has 0 saturated carbocycles. The average Bonchev–Trinajstić information content (AvgIpc) is 2.95. The molecule has 10 heteroatoms. The van der Waals surface area contributed by atoms with Gasteiger partial charge in [0, 0.05) is 31.4 Å². The van der Waals surface area contributed by atoms with E-state index in [1.807, 2.05) is 13.8 Å². The number of carbonyl (C=O) groups is 1. The molecule has 2 aromatic rings. The third-order valence-electron chi connectivity index (χ3n) is 4.30. The van der Waals surface area contributed by atoms with Crippen molar-refractivity contribution in [3.63, 3.8) is 0 Å². The summed E-state index contributed by atoms with van der Waals surface area (Å²) in [6.07, 6.45) is -4.66. The molecular formula is C16H21F3N6O. The van der Waals surface area contributed by atoms with Gasteiger partial charge in [0.1, 0.15) is 11.9 Å². The molecule has 26 heavy (non-hydrogen) atoms. The van der Waals surface area contributed by atoms with Crippen LogP contribution in [0.4, 0.5) is 19.0 Å². The van der Waals surface area contributed by atoms with E-state index in [-0.39, 0.29) is 11.7 Å². The zero-order chi connectivity index (χ0) is 19.2. The van der Waals surface area contributed by atoms with Crippen LogP contribution in [0.5, 0.6) is 0 Å². The van der Waals surface area contributed by atoms with Crippen LogP contribution in [0.1, 0.15) is 32.3 Å². The van der Waals surface area contributed by atoms with E-state index >= 15 is 0 Å². The summed E-state index contributed by atoms with van der Waals surface area (Å²) < 4.78 is 40.0. The molecule has 7 nitrogen and oxygen atoms in total. The van der Waals surface area contributed by atoms with Crippen LogP contribution in [-0.4, -0.2) is 56.1 Å². The number of hydrogen-bond donors (Lipinski definition) is 0. The normalized spacial score (nSPS) is 19.1. The summed E-state index contributed by atoms with van der Waals surface area (Å²) in [6, 6.07) is 1.12. The van der Waals surface area contributed by atoms with Gasteiger partial charge in [0.25, 0.3) is 11.6 Å². The number of carbonyl (C=O) groups excluding carboxylic acids is 1. The number of halogens is 3. The quantitative estimate of drug-likeness (QED) is 0.828. The highest BCUT2D eigenvalue weighted by atomic mass is 19.4. The van der Waals surface area contributed by atoms with Crippen LogP contribution in [-0.2, 0) is 11.0 Å². The van der Waals surface area contributed by atoms with Crippen LogP contribution in [0.2, 0.25) is 0 Å². The van der Waals surface area contributed by atoms with E-state index in [2.05, 4.69) is 15.1 Å². The van der Waals surface area contributed by atoms with Gasteiger partial charge in [0.05, 0.1) is 0 Å². The molecule has 1 aliphatic rings. The fourth-order valence-electron chi connectivity index (χ4n) is 3.16. The van der Waals surface area contributed by atoms with E-state index in [4.69, 9.17) is 0 Å². The van der Waals surface area contributed by atoms with Crippen LogP contribution < -0.4 is 4.90 Å². The Labute approximate surface area is 148 Å². The lowest BCUT2D eigenvalue weighted by Gasteiger charge is -2.40. The Morgan fingerprint density at radius 2 is 1.96 bits per heavy atom. The van der Waals surface area contributed by atoms with Crippen LogP contribution in [0.3, 0.4) is 0 Å². The zero-order valence-corrected chi connectivity index (χ0v) is 15.1. The van der Waals surface area contributed by atoms with E-state index in [9.17, 15) is 18.0 Å². The first kappa shape index (κ1) is 18.4. The number of rotatable bonds is 3. The molecule has 0 radical (unpaired) electrons. The summed E-state index contributed by atoms with van der Waals surface area (Å²) in [7, 11) is 0. The van der Waals surface area contributed by atoms with Gasteiger partial charge in [-0.15, -0.1) is 5.10 Å². The Balaban J connectivity index is 2.00. The van der Waals surface area contributed by atoms with Crippen LogP contribution in [0.25, 0.3) is 5.78 Å². The summed E-state index contributed by atoms with van der Waals surface area (Å²) in [4.78, 5) is 23.7. The van der Waals surface area contributed by atoms with Crippen LogP contribution in [0.15, 0.2) is 6.07 Å². The van der Waals surface area contributed by atoms with Crippen molar-refractivity contribution in [1.82, 2.24) is 24.5 Å². The molecule has 2 aromatic heterocycles. The van der Waals surface area contributed by atoms with Crippen LogP contribution in [0, 0.1) is 12.8 Å². The number of aromatic nitrogens is 4. The first-order valence-corrected chi connectivity index (χ1v) is 8.45. The Morgan fingerprint density at radius 1 is 1.27 bits per heavy atom. The molecule has 0 bridgehead atoms.